The zero-order chi connectivity index (χ0) is 21.7. The van der Waals surface area contributed by atoms with Gasteiger partial charge in [0.15, 0.2) is 0 Å². The summed E-state index contributed by atoms with van der Waals surface area (Å²) in [5.74, 6) is 0.530. The van der Waals surface area contributed by atoms with Crippen molar-refractivity contribution < 1.29 is 0 Å². The molecular formula is C27H38Si2. The monoisotopic (exact) mass is 418 g/mol. The first-order chi connectivity index (χ1) is 13.4. The van der Waals surface area contributed by atoms with E-state index in [1.807, 2.05) is 0 Å². The topological polar surface area (TPSA) is 0 Å². The number of rotatable bonds is 4. The van der Waals surface area contributed by atoms with Crippen LogP contribution in [0.5, 0.6) is 0 Å². The van der Waals surface area contributed by atoms with Gasteiger partial charge in [-0.1, -0.05) is 108 Å². The van der Waals surface area contributed by atoms with Crippen LogP contribution in [0.15, 0.2) is 64.4 Å². The lowest BCUT2D eigenvalue weighted by atomic mass is 10.1. The molecule has 0 heterocycles. The Labute approximate surface area is 180 Å². The smallest absolute Gasteiger partial charge is 0.0656 e. The Morgan fingerprint density at radius 3 is 1.83 bits per heavy atom. The SMILES string of the molecule is CC1=C(C)C(C)C([Si](C)(c2cc(C)cc([Si](C)(C)C)c2)c2ccccc2C)=C1C. The third kappa shape index (κ3) is 3.66. The summed E-state index contributed by atoms with van der Waals surface area (Å²) in [6, 6.07) is 16.7. The molecule has 0 N–H and O–H groups in total. The molecule has 0 radical (unpaired) electrons. The number of allylic oxidation sites excluding steroid dienone is 4. The molecule has 2 aromatic carbocycles. The van der Waals surface area contributed by atoms with Crippen molar-refractivity contribution in [2.24, 2.45) is 5.92 Å². The van der Waals surface area contributed by atoms with Gasteiger partial charge < -0.3 is 0 Å². The molecule has 0 bridgehead atoms. The summed E-state index contributed by atoms with van der Waals surface area (Å²) in [7, 11) is -3.50. The minimum atomic E-state index is -2.10. The quantitative estimate of drug-likeness (QED) is 0.544. The van der Waals surface area contributed by atoms with Crippen molar-refractivity contribution in [1.82, 2.24) is 0 Å². The molecular weight excluding hydrogens is 380 g/mol. The zero-order valence-electron chi connectivity index (χ0n) is 20.1. The molecule has 154 valence electrons. The lowest BCUT2D eigenvalue weighted by Crippen LogP contribution is -2.61. The molecule has 0 amide bonds. The van der Waals surface area contributed by atoms with Gasteiger partial charge in [-0.05, 0) is 56.5 Å². The highest BCUT2D eigenvalue weighted by molar-refractivity contribution is 7.07. The summed E-state index contributed by atoms with van der Waals surface area (Å²) >= 11 is 0. The number of hydrogen-bond acceptors (Lipinski definition) is 0. The van der Waals surface area contributed by atoms with E-state index in [-0.39, 0.29) is 0 Å². The molecule has 0 saturated heterocycles. The van der Waals surface area contributed by atoms with E-state index in [9.17, 15) is 0 Å². The minimum Gasteiger partial charge on any atom is -0.0656 e. The van der Waals surface area contributed by atoms with E-state index in [1.54, 1.807) is 31.9 Å². The fourth-order valence-electron chi connectivity index (χ4n) is 5.27. The lowest BCUT2D eigenvalue weighted by Gasteiger charge is -2.37. The Morgan fingerprint density at radius 2 is 1.31 bits per heavy atom. The highest BCUT2D eigenvalue weighted by atomic mass is 28.3. The molecule has 2 aromatic rings. The molecule has 2 heteroatoms. The Bertz CT molecular complexity index is 1020. The van der Waals surface area contributed by atoms with Gasteiger partial charge in [0, 0.05) is 0 Å². The molecule has 3 rings (SSSR count). The first-order valence-corrected chi connectivity index (χ1v) is 17.0. The minimum absolute atomic E-state index is 0.530. The Balaban J connectivity index is 2.39. The number of benzene rings is 2. The number of hydrogen-bond donors (Lipinski definition) is 0. The van der Waals surface area contributed by atoms with E-state index < -0.39 is 16.1 Å². The van der Waals surface area contributed by atoms with E-state index in [4.69, 9.17) is 0 Å². The van der Waals surface area contributed by atoms with Crippen LogP contribution in [-0.4, -0.2) is 16.1 Å². The van der Waals surface area contributed by atoms with Crippen LogP contribution in [-0.2, 0) is 0 Å². The van der Waals surface area contributed by atoms with E-state index in [1.165, 1.54) is 16.7 Å². The Hall–Kier alpha value is -1.65. The maximum Gasteiger partial charge on any atom is 0.142 e. The normalized spacial score (nSPS) is 19.7. The van der Waals surface area contributed by atoms with Crippen LogP contribution in [0.4, 0.5) is 0 Å². The van der Waals surface area contributed by atoms with Crippen molar-refractivity contribution in [3.8, 4) is 0 Å². The average Bonchev–Trinajstić information content (AvgIpc) is 2.84. The van der Waals surface area contributed by atoms with Gasteiger partial charge in [-0.2, -0.15) is 0 Å². The first-order valence-electron chi connectivity index (χ1n) is 11.0. The zero-order valence-corrected chi connectivity index (χ0v) is 22.1. The van der Waals surface area contributed by atoms with E-state index in [0.29, 0.717) is 5.92 Å². The Kier molecular flexibility index (Phi) is 5.74. The van der Waals surface area contributed by atoms with Crippen LogP contribution < -0.4 is 15.6 Å². The van der Waals surface area contributed by atoms with Crippen LogP contribution in [0.1, 0.15) is 38.8 Å². The maximum absolute atomic E-state index is 2.61. The molecule has 1 aliphatic carbocycles. The van der Waals surface area contributed by atoms with Gasteiger partial charge in [0.25, 0.3) is 0 Å². The first kappa shape index (κ1) is 22.0. The van der Waals surface area contributed by atoms with Crippen molar-refractivity contribution in [1.29, 1.82) is 0 Å². The van der Waals surface area contributed by atoms with Crippen LogP contribution >= 0.6 is 0 Å². The van der Waals surface area contributed by atoms with E-state index >= 15 is 0 Å². The van der Waals surface area contributed by atoms with Gasteiger partial charge >= 0.3 is 0 Å². The third-order valence-electron chi connectivity index (χ3n) is 7.38. The lowest BCUT2D eigenvalue weighted by molar-refractivity contribution is 0.850. The van der Waals surface area contributed by atoms with Gasteiger partial charge in [-0.15, -0.1) is 0 Å². The van der Waals surface area contributed by atoms with Gasteiger partial charge in [-0.25, -0.2) is 0 Å². The summed E-state index contributed by atoms with van der Waals surface area (Å²) in [4.78, 5) is 0. The standard InChI is InChI=1S/C27H38Si2/c1-18-15-24(28(7,8)9)17-25(16-18)29(10,26-14-12-11-13-19(26)2)27-22(5)20(3)21(4)23(27)6/h11-17,22H,1-10H3. The second kappa shape index (κ2) is 7.55. The summed E-state index contributed by atoms with van der Waals surface area (Å²) in [5.41, 5.74) is 7.47. The Morgan fingerprint density at radius 1 is 0.724 bits per heavy atom. The van der Waals surface area contributed by atoms with Gasteiger partial charge in [0.1, 0.15) is 8.07 Å². The van der Waals surface area contributed by atoms with Crippen molar-refractivity contribution in [3.63, 3.8) is 0 Å². The van der Waals surface area contributed by atoms with Crippen molar-refractivity contribution in [2.45, 2.75) is 67.7 Å². The highest BCUT2D eigenvalue weighted by Crippen LogP contribution is 2.41. The molecule has 0 aliphatic heterocycles. The van der Waals surface area contributed by atoms with E-state index in [0.717, 1.165) is 0 Å². The van der Waals surface area contributed by atoms with E-state index in [2.05, 4.69) is 110 Å². The predicted molar refractivity (Wildman–Crippen MR) is 136 cm³/mol. The van der Waals surface area contributed by atoms with Crippen molar-refractivity contribution >= 4 is 31.7 Å². The fraction of sp³-hybridized carbons (Fsp3) is 0.407. The van der Waals surface area contributed by atoms with Gasteiger partial charge in [0.05, 0.1) is 8.07 Å². The molecule has 0 spiro atoms. The summed E-state index contributed by atoms with van der Waals surface area (Å²) in [5, 5.41) is 6.47. The molecule has 0 nitrogen and oxygen atoms in total. The third-order valence-corrected chi connectivity index (χ3v) is 14.4. The van der Waals surface area contributed by atoms with Crippen LogP contribution in [0.2, 0.25) is 26.2 Å². The van der Waals surface area contributed by atoms with Crippen molar-refractivity contribution in [3.05, 3.63) is 75.5 Å². The van der Waals surface area contributed by atoms with Gasteiger partial charge in [0.2, 0.25) is 0 Å². The molecule has 2 unspecified atom stereocenters. The summed E-state index contributed by atoms with van der Waals surface area (Å²) in [6.45, 7) is 24.1. The molecule has 29 heavy (non-hydrogen) atoms. The molecule has 2 atom stereocenters. The molecule has 0 saturated carbocycles. The predicted octanol–water partition coefficient (Wildman–Crippen LogP) is 5.88. The second-order valence-electron chi connectivity index (χ2n) is 10.3. The highest BCUT2D eigenvalue weighted by Gasteiger charge is 2.43. The van der Waals surface area contributed by atoms with Crippen LogP contribution in [0.3, 0.4) is 0 Å². The maximum atomic E-state index is 2.61. The van der Waals surface area contributed by atoms with Crippen LogP contribution in [0.25, 0.3) is 0 Å². The largest absolute Gasteiger partial charge is 0.142 e. The molecule has 0 fully saturated rings. The van der Waals surface area contributed by atoms with Gasteiger partial charge in [-0.3, -0.25) is 0 Å². The fourth-order valence-corrected chi connectivity index (χ4v) is 11.9. The van der Waals surface area contributed by atoms with Crippen LogP contribution in [0, 0.1) is 19.8 Å². The second-order valence-corrected chi connectivity index (χ2v) is 19.3. The average molecular weight is 419 g/mol. The molecule has 0 aromatic heterocycles. The summed E-state index contributed by atoms with van der Waals surface area (Å²) < 4.78 is 0. The van der Waals surface area contributed by atoms with Crippen molar-refractivity contribution in [2.75, 3.05) is 0 Å². The number of aryl methyl sites for hydroxylation is 2. The summed E-state index contributed by atoms with van der Waals surface area (Å²) in [6.07, 6.45) is 0. The molecule has 1 aliphatic rings.